The molecule has 0 amide bonds. The number of hydrogen-bond donors (Lipinski definition) is 2. The zero-order valence-electron chi connectivity index (χ0n) is 11.2. The smallest absolute Gasteiger partial charge is 0.188 e. The summed E-state index contributed by atoms with van der Waals surface area (Å²) in [4.78, 5) is 6.13. The molecule has 0 saturated carbocycles. The van der Waals surface area contributed by atoms with E-state index in [1.54, 1.807) is 18.3 Å². The summed E-state index contributed by atoms with van der Waals surface area (Å²) in [6, 6.07) is 3.39. The average Bonchev–Trinajstić information content (AvgIpc) is 2.36. The number of hydrogen-bond acceptors (Lipinski definition) is 5. The highest BCUT2D eigenvalue weighted by Crippen LogP contribution is 2.15. The van der Waals surface area contributed by atoms with E-state index in [4.69, 9.17) is 15.7 Å². The normalized spacial score (nSPS) is 12.8. The molecule has 0 bridgehead atoms. The van der Waals surface area contributed by atoms with Crippen LogP contribution in [0.2, 0.25) is 0 Å². The number of rotatable bonds is 5. The molecule has 1 aromatic rings. The van der Waals surface area contributed by atoms with E-state index in [2.05, 4.69) is 28.9 Å². The van der Waals surface area contributed by atoms with E-state index < -0.39 is 0 Å². The minimum Gasteiger partial charge on any atom is -0.490 e. The second-order valence-corrected chi connectivity index (χ2v) is 4.86. The third kappa shape index (κ3) is 3.59. The van der Waals surface area contributed by atoms with E-state index in [0.29, 0.717) is 18.1 Å². The Hall–Kier alpha value is -1.82. The van der Waals surface area contributed by atoms with Gasteiger partial charge in [-0.1, -0.05) is 5.16 Å². The van der Waals surface area contributed by atoms with Crippen LogP contribution in [-0.2, 0) is 0 Å². The Morgan fingerprint density at radius 2 is 2.17 bits per heavy atom. The molecule has 0 aromatic carbocycles. The molecule has 18 heavy (non-hydrogen) atoms. The van der Waals surface area contributed by atoms with E-state index in [9.17, 15) is 0 Å². The average molecular weight is 252 g/mol. The number of likely N-dealkylation sites (N-methyl/N-ethyl adjacent to an activating group) is 1. The number of amidine groups is 1. The molecule has 0 spiro atoms. The number of pyridine rings is 1. The van der Waals surface area contributed by atoms with Gasteiger partial charge in [0.05, 0.1) is 6.20 Å². The summed E-state index contributed by atoms with van der Waals surface area (Å²) in [5.41, 5.74) is 5.77. The standard InChI is InChI=1S/C12H20N4O2/c1-12(2,16(3)4)8-18-9-5-6-10(14-7-9)11(13)15-17/h5-7,17H,8H2,1-4H3,(H2,13,15). The lowest BCUT2D eigenvalue weighted by molar-refractivity contribution is 0.114. The molecule has 6 nitrogen and oxygen atoms in total. The third-order valence-corrected chi connectivity index (χ3v) is 2.91. The number of aromatic nitrogens is 1. The fourth-order valence-corrected chi connectivity index (χ4v) is 1.06. The summed E-state index contributed by atoms with van der Waals surface area (Å²) in [5.74, 6) is 0.634. The van der Waals surface area contributed by atoms with Gasteiger partial charge in [-0.05, 0) is 40.1 Å². The monoisotopic (exact) mass is 252 g/mol. The first-order valence-electron chi connectivity index (χ1n) is 5.61. The Labute approximate surface area is 107 Å². The molecule has 0 atom stereocenters. The minimum atomic E-state index is -0.0652. The van der Waals surface area contributed by atoms with Gasteiger partial charge >= 0.3 is 0 Å². The zero-order valence-corrected chi connectivity index (χ0v) is 11.2. The molecular formula is C12H20N4O2. The van der Waals surface area contributed by atoms with Crippen LogP contribution in [0.5, 0.6) is 5.75 Å². The summed E-state index contributed by atoms with van der Waals surface area (Å²) in [5, 5.41) is 11.4. The van der Waals surface area contributed by atoms with Gasteiger partial charge in [-0.15, -0.1) is 0 Å². The Morgan fingerprint density at radius 1 is 1.50 bits per heavy atom. The molecule has 0 fully saturated rings. The van der Waals surface area contributed by atoms with Crippen molar-refractivity contribution in [2.75, 3.05) is 20.7 Å². The van der Waals surface area contributed by atoms with Gasteiger partial charge in [0.2, 0.25) is 0 Å². The Morgan fingerprint density at radius 3 is 2.61 bits per heavy atom. The summed E-state index contributed by atoms with van der Waals surface area (Å²) in [7, 11) is 4.01. The zero-order chi connectivity index (χ0) is 13.8. The van der Waals surface area contributed by atoms with Gasteiger partial charge in [0.1, 0.15) is 18.1 Å². The summed E-state index contributed by atoms with van der Waals surface area (Å²) in [6.45, 7) is 4.72. The molecule has 6 heteroatoms. The molecule has 0 aliphatic heterocycles. The first-order valence-corrected chi connectivity index (χ1v) is 5.61. The maximum Gasteiger partial charge on any atom is 0.188 e. The molecule has 0 radical (unpaired) electrons. The fourth-order valence-electron chi connectivity index (χ4n) is 1.06. The summed E-state index contributed by atoms with van der Waals surface area (Å²) >= 11 is 0. The van der Waals surface area contributed by atoms with Crippen molar-refractivity contribution in [1.29, 1.82) is 0 Å². The highest BCUT2D eigenvalue weighted by molar-refractivity contribution is 5.95. The molecular weight excluding hydrogens is 232 g/mol. The number of nitrogens with two attached hydrogens (primary N) is 1. The van der Waals surface area contributed by atoms with Crippen LogP contribution in [0.1, 0.15) is 19.5 Å². The van der Waals surface area contributed by atoms with Crippen LogP contribution < -0.4 is 10.5 Å². The molecule has 1 aromatic heterocycles. The lowest BCUT2D eigenvalue weighted by Crippen LogP contribution is -2.43. The number of nitrogens with zero attached hydrogens (tertiary/aromatic N) is 3. The molecule has 3 N–H and O–H groups in total. The predicted molar refractivity (Wildman–Crippen MR) is 70.0 cm³/mol. The molecule has 0 unspecified atom stereocenters. The van der Waals surface area contributed by atoms with Crippen LogP contribution >= 0.6 is 0 Å². The predicted octanol–water partition coefficient (Wildman–Crippen LogP) is 0.895. The van der Waals surface area contributed by atoms with Crippen molar-refractivity contribution in [3.8, 4) is 5.75 Å². The third-order valence-electron chi connectivity index (χ3n) is 2.91. The highest BCUT2D eigenvalue weighted by Gasteiger charge is 2.21. The fraction of sp³-hybridized carbons (Fsp3) is 0.500. The van der Waals surface area contributed by atoms with E-state index in [1.807, 2.05) is 14.1 Å². The van der Waals surface area contributed by atoms with Crippen molar-refractivity contribution in [2.45, 2.75) is 19.4 Å². The molecule has 0 aliphatic rings. The van der Waals surface area contributed by atoms with E-state index in [0.717, 1.165) is 0 Å². The van der Waals surface area contributed by atoms with Crippen LogP contribution in [0.3, 0.4) is 0 Å². The van der Waals surface area contributed by atoms with Gasteiger partial charge in [-0.2, -0.15) is 0 Å². The maximum atomic E-state index is 8.51. The van der Waals surface area contributed by atoms with Gasteiger partial charge in [0.25, 0.3) is 0 Å². The first-order chi connectivity index (χ1) is 8.36. The van der Waals surface area contributed by atoms with Crippen LogP contribution in [0.25, 0.3) is 0 Å². The van der Waals surface area contributed by atoms with Crippen LogP contribution in [0, 0.1) is 0 Å². The van der Waals surface area contributed by atoms with Crippen LogP contribution in [-0.4, -0.2) is 47.2 Å². The van der Waals surface area contributed by atoms with Crippen molar-refractivity contribution in [3.63, 3.8) is 0 Å². The van der Waals surface area contributed by atoms with E-state index in [-0.39, 0.29) is 11.4 Å². The Balaban J connectivity index is 2.65. The second-order valence-electron chi connectivity index (χ2n) is 4.86. The lowest BCUT2D eigenvalue weighted by Gasteiger charge is -2.32. The SMILES string of the molecule is CN(C)C(C)(C)COc1ccc(/C(N)=N/O)nc1. The van der Waals surface area contributed by atoms with Crippen molar-refractivity contribution in [1.82, 2.24) is 9.88 Å². The van der Waals surface area contributed by atoms with Crippen LogP contribution in [0.4, 0.5) is 0 Å². The van der Waals surface area contributed by atoms with Gasteiger partial charge in [0.15, 0.2) is 5.84 Å². The summed E-state index contributed by atoms with van der Waals surface area (Å²) in [6.07, 6.45) is 1.55. The maximum absolute atomic E-state index is 8.51. The molecule has 0 saturated heterocycles. The van der Waals surface area contributed by atoms with Crippen molar-refractivity contribution in [3.05, 3.63) is 24.0 Å². The van der Waals surface area contributed by atoms with Crippen molar-refractivity contribution in [2.24, 2.45) is 10.9 Å². The quantitative estimate of drug-likeness (QED) is 0.352. The molecule has 0 aliphatic carbocycles. The summed E-state index contributed by atoms with van der Waals surface area (Å²) < 4.78 is 5.65. The van der Waals surface area contributed by atoms with Crippen molar-refractivity contribution >= 4 is 5.84 Å². The Bertz CT molecular complexity index is 413. The molecule has 1 rings (SSSR count). The van der Waals surface area contributed by atoms with Gasteiger partial charge in [-0.25, -0.2) is 4.98 Å². The largest absolute Gasteiger partial charge is 0.490 e. The molecule has 1 heterocycles. The highest BCUT2D eigenvalue weighted by atomic mass is 16.5. The molecule has 100 valence electrons. The van der Waals surface area contributed by atoms with E-state index in [1.165, 1.54) is 0 Å². The van der Waals surface area contributed by atoms with Gasteiger partial charge in [-0.3, -0.25) is 0 Å². The minimum absolute atomic E-state index is 0.0184. The van der Waals surface area contributed by atoms with E-state index >= 15 is 0 Å². The number of oxime groups is 1. The number of ether oxygens (including phenoxy) is 1. The van der Waals surface area contributed by atoms with Crippen molar-refractivity contribution < 1.29 is 9.94 Å². The topological polar surface area (TPSA) is 84.0 Å². The first kappa shape index (κ1) is 14.2. The van der Waals surface area contributed by atoms with Gasteiger partial charge in [0, 0.05) is 5.54 Å². The van der Waals surface area contributed by atoms with Crippen LogP contribution in [0.15, 0.2) is 23.5 Å². The Kier molecular flexibility index (Phi) is 4.49. The lowest BCUT2D eigenvalue weighted by atomic mass is 10.1. The second kappa shape index (κ2) is 5.68. The van der Waals surface area contributed by atoms with Gasteiger partial charge < -0.3 is 20.6 Å².